The number of rotatable bonds is 1. The third-order valence-corrected chi connectivity index (χ3v) is 2.65. The molecule has 0 bridgehead atoms. The van der Waals surface area contributed by atoms with Gasteiger partial charge in [-0.05, 0) is 29.4 Å². The summed E-state index contributed by atoms with van der Waals surface area (Å²) in [7, 11) is -1.92. The van der Waals surface area contributed by atoms with Crippen LogP contribution in [-0.4, -0.2) is 17.2 Å². The molecule has 100 valence electrons. The van der Waals surface area contributed by atoms with Crippen LogP contribution < -0.4 is 5.46 Å². The topological polar surface area (TPSA) is 40.5 Å². The number of aryl methyl sites for hydroxylation is 1. The molecule has 0 saturated carbocycles. The van der Waals surface area contributed by atoms with Crippen molar-refractivity contribution in [1.82, 2.24) is 0 Å². The summed E-state index contributed by atoms with van der Waals surface area (Å²) < 4.78 is 39.1. The molecule has 0 radical (unpaired) electrons. The fourth-order valence-electron chi connectivity index (χ4n) is 2.08. The molecule has 0 amide bonds. The molecule has 2 N–H and O–H groups in total. The Balaban J connectivity index is 3.70. The van der Waals surface area contributed by atoms with Crippen molar-refractivity contribution in [2.75, 3.05) is 0 Å². The number of benzene rings is 1. The SMILES string of the molecule is Cc1cc(B(O)O)c(C(C)(C)C)c(C(F)(F)F)c1. The lowest BCUT2D eigenvalue weighted by molar-refractivity contribution is -0.138. The van der Waals surface area contributed by atoms with Gasteiger partial charge >= 0.3 is 13.3 Å². The van der Waals surface area contributed by atoms with Crippen molar-refractivity contribution in [2.24, 2.45) is 0 Å². The minimum atomic E-state index is -4.52. The van der Waals surface area contributed by atoms with E-state index in [0.29, 0.717) is 5.56 Å². The van der Waals surface area contributed by atoms with Gasteiger partial charge in [0.25, 0.3) is 0 Å². The van der Waals surface area contributed by atoms with E-state index >= 15 is 0 Å². The molecule has 0 aromatic heterocycles. The first-order valence-corrected chi connectivity index (χ1v) is 5.53. The van der Waals surface area contributed by atoms with Crippen LogP contribution in [0.25, 0.3) is 0 Å². The van der Waals surface area contributed by atoms with Crippen LogP contribution in [0.5, 0.6) is 0 Å². The first-order valence-electron chi connectivity index (χ1n) is 5.53. The molecule has 0 saturated heterocycles. The quantitative estimate of drug-likeness (QED) is 0.758. The summed E-state index contributed by atoms with van der Waals surface area (Å²) in [5.74, 6) is 0. The van der Waals surface area contributed by atoms with Gasteiger partial charge in [-0.15, -0.1) is 0 Å². The molecular formula is C12H16BF3O2. The minimum Gasteiger partial charge on any atom is -0.423 e. The monoisotopic (exact) mass is 260 g/mol. The number of alkyl halides is 3. The van der Waals surface area contributed by atoms with Gasteiger partial charge in [0.05, 0.1) is 5.56 Å². The second-order valence-electron chi connectivity index (χ2n) is 5.40. The Kier molecular flexibility index (Phi) is 3.84. The van der Waals surface area contributed by atoms with Gasteiger partial charge in [-0.25, -0.2) is 0 Å². The molecule has 6 heteroatoms. The lowest BCUT2D eigenvalue weighted by Crippen LogP contribution is -2.39. The Morgan fingerprint density at radius 3 is 1.89 bits per heavy atom. The average molecular weight is 260 g/mol. The number of hydrogen-bond donors (Lipinski definition) is 2. The Morgan fingerprint density at radius 2 is 1.56 bits per heavy atom. The van der Waals surface area contributed by atoms with E-state index in [1.165, 1.54) is 13.0 Å². The van der Waals surface area contributed by atoms with Crippen LogP contribution in [0.3, 0.4) is 0 Å². The van der Waals surface area contributed by atoms with E-state index in [4.69, 9.17) is 0 Å². The summed E-state index contributed by atoms with van der Waals surface area (Å²) in [6, 6.07) is 2.41. The van der Waals surface area contributed by atoms with Gasteiger partial charge in [0.15, 0.2) is 0 Å². The zero-order chi connectivity index (χ0) is 14.3. The molecule has 0 unspecified atom stereocenters. The van der Waals surface area contributed by atoms with Crippen LogP contribution in [-0.2, 0) is 11.6 Å². The largest absolute Gasteiger partial charge is 0.488 e. The third-order valence-electron chi connectivity index (χ3n) is 2.65. The fraction of sp³-hybridized carbons (Fsp3) is 0.500. The molecular weight excluding hydrogens is 244 g/mol. The minimum absolute atomic E-state index is 0.0735. The van der Waals surface area contributed by atoms with Crippen molar-refractivity contribution in [1.29, 1.82) is 0 Å². The van der Waals surface area contributed by atoms with Crippen molar-refractivity contribution in [3.63, 3.8) is 0 Å². The Labute approximate surface area is 105 Å². The van der Waals surface area contributed by atoms with E-state index in [1.807, 2.05) is 0 Å². The van der Waals surface area contributed by atoms with E-state index in [2.05, 4.69) is 0 Å². The second kappa shape index (κ2) is 4.59. The molecule has 1 rings (SSSR count). The highest BCUT2D eigenvalue weighted by atomic mass is 19.4. The highest BCUT2D eigenvalue weighted by molar-refractivity contribution is 6.59. The predicted octanol–water partition coefficient (Wildman–Crippen LogP) is 1.99. The van der Waals surface area contributed by atoms with Gasteiger partial charge in [-0.1, -0.05) is 32.4 Å². The maximum atomic E-state index is 13.0. The highest BCUT2D eigenvalue weighted by Crippen LogP contribution is 2.37. The summed E-state index contributed by atoms with van der Waals surface area (Å²) >= 11 is 0. The standard InChI is InChI=1S/C12H16BF3O2/c1-7-5-8(12(14,15)16)10(11(2,3)4)9(6-7)13(17)18/h5-6,17-18H,1-4H3. The third kappa shape index (κ3) is 3.06. The smallest absolute Gasteiger partial charge is 0.423 e. The van der Waals surface area contributed by atoms with Gasteiger partial charge in [0.2, 0.25) is 0 Å². The summed E-state index contributed by atoms with van der Waals surface area (Å²) in [6.45, 7) is 6.32. The Morgan fingerprint density at radius 1 is 1.06 bits per heavy atom. The van der Waals surface area contributed by atoms with Crippen molar-refractivity contribution in [2.45, 2.75) is 39.3 Å². The van der Waals surface area contributed by atoms with Crippen molar-refractivity contribution >= 4 is 12.6 Å². The molecule has 0 spiro atoms. The summed E-state index contributed by atoms with van der Waals surface area (Å²) in [6.07, 6.45) is -4.52. The molecule has 1 aromatic rings. The number of halogens is 3. The maximum Gasteiger partial charge on any atom is 0.488 e. The number of hydrogen-bond acceptors (Lipinski definition) is 2. The zero-order valence-corrected chi connectivity index (χ0v) is 10.8. The van der Waals surface area contributed by atoms with Gasteiger partial charge in [0, 0.05) is 0 Å². The Hall–Kier alpha value is -1.01. The van der Waals surface area contributed by atoms with Gasteiger partial charge in [-0.3, -0.25) is 0 Å². The van der Waals surface area contributed by atoms with Crippen LogP contribution in [0.1, 0.15) is 37.5 Å². The van der Waals surface area contributed by atoms with E-state index in [-0.39, 0.29) is 11.0 Å². The average Bonchev–Trinajstić information content (AvgIpc) is 2.12. The van der Waals surface area contributed by atoms with Crippen LogP contribution in [0.2, 0.25) is 0 Å². The molecule has 1 aromatic carbocycles. The second-order valence-corrected chi connectivity index (χ2v) is 5.40. The van der Waals surface area contributed by atoms with E-state index in [9.17, 15) is 23.2 Å². The van der Waals surface area contributed by atoms with Crippen LogP contribution >= 0.6 is 0 Å². The fourth-order valence-corrected chi connectivity index (χ4v) is 2.08. The maximum absolute atomic E-state index is 13.0. The van der Waals surface area contributed by atoms with E-state index in [0.717, 1.165) is 6.07 Å². The van der Waals surface area contributed by atoms with Gasteiger partial charge in [0.1, 0.15) is 0 Å². The molecule has 0 atom stereocenters. The lowest BCUT2D eigenvalue weighted by Gasteiger charge is -2.28. The van der Waals surface area contributed by atoms with E-state index < -0.39 is 24.3 Å². The Bertz CT molecular complexity index is 448. The molecule has 0 aliphatic heterocycles. The first kappa shape index (κ1) is 15.1. The molecule has 0 aliphatic rings. The molecule has 0 aliphatic carbocycles. The molecule has 18 heavy (non-hydrogen) atoms. The van der Waals surface area contributed by atoms with Crippen LogP contribution in [0, 0.1) is 6.92 Å². The normalized spacial score (nSPS) is 12.7. The molecule has 0 fully saturated rings. The van der Waals surface area contributed by atoms with Gasteiger partial charge < -0.3 is 10.0 Å². The lowest BCUT2D eigenvalue weighted by atomic mass is 9.68. The van der Waals surface area contributed by atoms with E-state index in [1.54, 1.807) is 20.8 Å². The summed E-state index contributed by atoms with van der Waals surface area (Å²) in [5, 5.41) is 18.5. The summed E-state index contributed by atoms with van der Waals surface area (Å²) in [5.41, 5.74) is -1.46. The van der Waals surface area contributed by atoms with Crippen molar-refractivity contribution in [3.05, 3.63) is 28.8 Å². The van der Waals surface area contributed by atoms with Crippen molar-refractivity contribution in [3.8, 4) is 0 Å². The molecule has 2 nitrogen and oxygen atoms in total. The van der Waals surface area contributed by atoms with Crippen LogP contribution in [0.4, 0.5) is 13.2 Å². The van der Waals surface area contributed by atoms with Crippen LogP contribution in [0.15, 0.2) is 12.1 Å². The predicted molar refractivity (Wildman–Crippen MR) is 64.7 cm³/mol. The first-order chi connectivity index (χ1) is 7.94. The van der Waals surface area contributed by atoms with Crippen molar-refractivity contribution < 1.29 is 23.2 Å². The molecule has 0 heterocycles. The highest BCUT2D eigenvalue weighted by Gasteiger charge is 2.39. The van der Waals surface area contributed by atoms with Gasteiger partial charge in [-0.2, -0.15) is 13.2 Å². The summed E-state index contributed by atoms with van der Waals surface area (Å²) in [4.78, 5) is 0. The zero-order valence-electron chi connectivity index (χ0n) is 10.8.